The van der Waals surface area contributed by atoms with E-state index in [2.05, 4.69) is 47.5 Å². The van der Waals surface area contributed by atoms with Crippen LogP contribution >= 0.6 is 11.6 Å². The van der Waals surface area contributed by atoms with Gasteiger partial charge >= 0.3 is 0 Å². The summed E-state index contributed by atoms with van der Waals surface area (Å²) in [6.45, 7) is 6.31. The third kappa shape index (κ3) is 4.35. The van der Waals surface area contributed by atoms with Crippen molar-refractivity contribution in [2.75, 3.05) is 19.6 Å². The Morgan fingerprint density at radius 1 is 1.04 bits per heavy atom. The van der Waals surface area contributed by atoms with Gasteiger partial charge in [-0.2, -0.15) is 0 Å². The molecule has 0 radical (unpaired) electrons. The average molecular weight is 329 g/mol. The minimum atomic E-state index is 0.445. The van der Waals surface area contributed by atoms with Gasteiger partial charge in [0.25, 0.3) is 0 Å². The lowest BCUT2D eigenvalue weighted by Gasteiger charge is -2.28. The smallest absolute Gasteiger partial charge is 0.0472 e. The van der Waals surface area contributed by atoms with Crippen LogP contribution in [0, 0.1) is 6.92 Å². The van der Waals surface area contributed by atoms with Gasteiger partial charge in [0.15, 0.2) is 0 Å². The van der Waals surface area contributed by atoms with E-state index in [1.165, 1.54) is 42.6 Å². The van der Waals surface area contributed by atoms with E-state index < -0.39 is 0 Å². The molecule has 0 amide bonds. The predicted molar refractivity (Wildman–Crippen MR) is 97.9 cm³/mol. The van der Waals surface area contributed by atoms with E-state index in [-0.39, 0.29) is 0 Å². The third-order valence-electron chi connectivity index (χ3n) is 4.65. The Hall–Kier alpha value is -1.35. The number of hydrogen-bond acceptors (Lipinski definition) is 2. The largest absolute Gasteiger partial charge is 0.311 e. The summed E-state index contributed by atoms with van der Waals surface area (Å²) < 4.78 is 0. The number of hydrogen-bond donors (Lipinski definition) is 1. The lowest BCUT2D eigenvalue weighted by atomic mass is 10.0. The fourth-order valence-electron chi connectivity index (χ4n) is 3.28. The Bertz CT molecular complexity index is 618. The highest BCUT2D eigenvalue weighted by atomic mass is 35.5. The Morgan fingerprint density at radius 3 is 2.43 bits per heavy atom. The van der Waals surface area contributed by atoms with E-state index in [1.54, 1.807) is 0 Å². The molecule has 0 aromatic heterocycles. The minimum Gasteiger partial charge on any atom is -0.311 e. The van der Waals surface area contributed by atoms with Crippen LogP contribution in [-0.2, 0) is 6.54 Å². The van der Waals surface area contributed by atoms with Crippen LogP contribution < -0.4 is 5.32 Å². The second-order valence-corrected chi connectivity index (χ2v) is 6.80. The molecule has 1 aliphatic heterocycles. The van der Waals surface area contributed by atoms with Gasteiger partial charge in [-0.05, 0) is 50.0 Å². The lowest BCUT2D eigenvalue weighted by molar-refractivity contribution is 0.238. The molecule has 2 aromatic carbocycles. The third-order valence-corrected chi connectivity index (χ3v) is 5.02. The molecule has 1 saturated heterocycles. The summed E-state index contributed by atoms with van der Waals surface area (Å²) in [6.07, 6.45) is 2.62. The highest BCUT2D eigenvalue weighted by Gasteiger charge is 2.23. The Balaban J connectivity index is 1.66. The Labute approximate surface area is 144 Å². The van der Waals surface area contributed by atoms with Gasteiger partial charge in [0.1, 0.15) is 0 Å². The number of nitrogens with one attached hydrogen (secondary N) is 1. The quantitative estimate of drug-likeness (QED) is 0.835. The van der Waals surface area contributed by atoms with Crippen molar-refractivity contribution in [3.63, 3.8) is 0 Å². The van der Waals surface area contributed by atoms with Crippen LogP contribution in [0.1, 0.15) is 35.6 Å². The van der Waals surface area contributed by atoms with Crippen LogP contribution in [0.3, 0.4) is 0 Å². The summed E-state index contributed by atoms with van der Waals surface area (Å²) in [6, 6.07) is 17.5. The van der Waals surface area contributed by atoms with Gasteiger partial charge in [0.05, 0.1) is 0 Å². The number of rotatable bonds is 6. The molecule has 122 valence electrons. The fraction of sp³-hybridized carbons (Fsp3) is 0.400. The highest BCUT2D eigenvalue weighted by Crippen LogP contribution is 2.25. The maximum absolute atomic E-state index is 6.25. The van der Waals surface area contributed by atoms with E-state index in [0.29, 0.717) is 6.04 Å². The van der Waals surface area contributed by atoms with Crippen LogP contribution in [0.5, 0.6) is 0 Å². The zero-order valence-electron chi connectivity index (χ0n) is 13.8. The first-order valence-corrected chi connectivity index (χ1v) is 8.86. The van der Waals surface area contributed by atoms with Crippen molar-refractivity contribution in [1.29, 1.82) is 0 Å². The lowest BCUT2D eigenvalue weighted by Crippen LogP contribution is -2.34. The molecule has 1 heterocycles. The van der Waals surface area contributed by atoms with E-state index in [9.17, 15) is 0 Å². The summed E-state index contributed by atoms with van der Waals surface area (Å²) in [5.41, 5.74) is 3.89. The van der Waals surface area contributed by atoms with E-state index in [1.807, 2.05) is 18.2 Å². The van der Waals surface area contributed by atoms with E-state index >= 15 is 0 Å². The number of halogens is 1. The molecular formula is C20H25ClN2. The molecular weight excluding hydrogens is 304 g/mol. The Morgan fingerprint density at radius 2 is 1.74 bits per heavy atom. The summed E-state index contributed by atoms with van der Waals surface area (Å²) >= 11 is 6.25. The minimum absolute atomic E-state index is 0.445. The van der Waals surface area contributed by atoms with E-state index in [0.717, 1.165) is 18.1 Å². The second-order valence-electron chi connectivity index (χ2n) is 6.39. The zero-order chi connectivity index (χ0) is 16.1. The van der Waals surface area contributed by atoms with Crippen molar-refractivity contribution in [2.45, 2.75) is 32.4 Å². The topological polar surface area (TPSA) is 15.3 Å². The van der Waals surface area contributed by atoms with Gasteiger partial charge in [-0.1, -0.05) is 59.6 Å². The standard InChI is InChI=1S/C20H25ClN2/c1-16-8-10-17(11-9-16)20(23-12-4-5-13-23)15-22-14-18-6-2-3-7-19(18)21/h2-3,6-11,20,22H,4-5,12-15H2,1H3. The summed E-state index contributed by atoms with van der Waals surface area (Å²) in [5, 5.41) is 4.45. The van der Waals surface area contributed by atoms with Crippen LogP contribution in [0.15, 0.2) is 48.5 Å². The highest BCUT2D eigenvalue weighted by molar-refractivity contribution is 6.31. The van der Waals surface area contributed by atoms with Gasteiger partial charge in [-0.25, -0.2) is 0 Å². The number of benzene rings is 2. The molecule has 3 rings (SSSR count). The second kappa shape index (κ2) is 7.96. The van der Waals surface area contributed by atoms with Crippen LogP contribution in [0.25, 0.3) is 0 Å². The van der Waals surface area contributed by atoms with Crippen molar-refractivity contribution >= 4 is 11.6 Å². The first kappa shape index (κ1) is 16.5. The van der Waals surface area contributed by atoms with Gasteiger partial charge < -0.3 is 5.32 Å². The molecule has 1 fully saturated rings. The first-order valence-electron chi connectivity index (χ1n) is 8.49. The van der Waals surface area contributed by atoms with Gasteiger partial charge in [0.2, 0.25) is 0 Å². The first-order chi connectivity index (χ1) is 11.2. The zero-order valence-corrected chi connectivity index (χ0v) is 14.5. The molecule has 2 aromatic rings. The number of likely N-dealkylation sites (tertiary alicyclic amines) is 1. The molecule has 0 saturated carbocycles. The molecule has 1 atom stereocenters. The molecule has 0 bridgehead atoms. The van der Waals surface area contributed by atoms with Crippen molar-refractivity contribution in [1.82, 2.24) is 10.2 Å². The molecule has 0 spiro atoms. The molecule has 1 N–H and O–H groups in total. The van der Waals surface area contributed by atoms with Crippen molar-refractivity contribution < 1.29 is 0 Å². The van der Waals surface area contributed by atoms with Gasteiger partial charge in [-0.15, -0.1) is 0 Å². The number of aryl methyl sites for hydroxylation is 1. The summed E-state index contributed by atoms with van der Waals surface area (Å²) in [4.78, 5) is 2.60. The van der Waals surface area contributed by atoms with Crippen LogP contribution in [-0.4, -0.2) is 24.5 Å². The molecule has 0 aliphatic carbocycles. The van der Waals surface area contributed by atoms with Crippen LogP contribution in [0.4, 0.5) is 0 Å². The maximum atomic E-state index is 6.25. The van der Waals surface area contributed by atoms with Gasteiger partial charge in [0, 0.05) is 24.2 Å². The molecule has 23 heavy (non-hydrogen) atoms. The van der Waals surface area contributed by atoms with Crippen molar-refractivity contribution in [3.05, 3.63) is 70.2 Å². The molecule has 1 aliphatic rings. The van der Waals surface area contributed by atoms with Gasteiger partial charge in [-0.3, -0.25) is 4.90 Å². The van der Waals surface area contributed by atoms with Crippen molar-refractivity contribution in [3.8, 4) is 0 Å². The fourth-order valence-corrected chi connectivity index (χ4v) is 3.49. The average Bonchev–Trinajstić information content (AvgIpc) is 3.08. The molecule has 2 nitrogen and oxygen atoms in total. The number of nitrogens with zero attached hydrogens (tertiary/aromatic N) is 1. The summed E-state index contributed by atoms with van der Waals surface area (Å²) in [7, 11) is 0. The van der Waals surface area contributed by atoms with Crippen LogP contribution in [0.2, 0.25) is 5.02 Å². The maximum Gasteiger partial charge on any atom is 0.0472 e. The monoisotopic (exact) mass is 328 g/mol. The Kier molecular flexibility index (Phi) is 5.71. The SMILES string of the molecule is Cc1ccc(C(CNCc2ccccc2Cl)N2CCCC2)cc1. The normalized spacial score (nSPS) is 16.6. The van der Waals surface area contributed by atoms with E-state index in [4.69, 9.17) is 11.6 Å². The molecule has 3 heteroatoms. The predicted octanol–water partition coefficient (Wildman–Crippen LogP) is 4.58. The summed E-state index contributed by atoms with van der Waals surface area (Å²) in [5.74, 6) is 0. The van der Waals surface area contributed by atoms with Crippen molar-refractivity contribution in [2.24, 2.45) is 0 Å². The molecule has 1 unspecified atom stereocenters.